The molecule has 0 aliphatic carbocycles. The molecule has 2 heterocycles. The summed E-state index contributed by atoms with van der Waals surface area (Å²) in [5, 5.41) is 13.1. The van der Waals surface area contributed by atoms with Crippen molar-refractivity contribution < 1.29 is 19.4 Å². The Kier molecular flexibility index (Phi) is 6.40. The fraction of sp³-hybridized carbons (Fsp3) is 0.269. The van der Waals surface area contributed by atoms with Gasteiger partial charge in [0.05, 0.1) is 12.8 Å². The molecule has 7 nitrogen and oxygen atoms in total. The molecule has 0 fully saturated rings. The summed E-state index contributed by atoms with van der Waals surface area (Å²) in [6, 6.07) is 14.7. The second-order valence-corrected chi connectivity index (χ2v) is 9.48. The molecule has 0 saturated carbocycles. The van der Waals surface area contributed by atoms with Crippen molar-refractivity contribution in [2.75, 3.05) is 44.6 Å². The third-order valence-electron chi connectivity index (χ3n) is 6.37. The van der Waals surface area contributed by atoms with E-state index in [2.05, 4.69) is 4.98 Å². The number of phenolic OH excluding ortho intramolecular Hbond substituents is 1. The number of hydrogen-bond acceptors (Lipinski definition) is 5. The molecule has 1 atom stereocenters. The van der Waals surface area contributed by atoms with Crippen molar-refractivity contribution in [3.63, 3.8) is 0 Å². The molecule has 0 radical (unpaired) electrons. The molecule has 0 unspecified atom stereocenters. The van der Waals surface area contributed by atoms with E-state index in [1.54, 1.807) is 31.2 Å². The zero-order valence-electron chi connectivity index (χ0n) is 19.3. The summed E-state index contributed by atoms with van der Waals surface area (Å²) < 4.78 is 12.8. The van der Waals surface area contributed by atoms with E-state index in [0.29, 0.717) is 48.5 Å². The van der Waals surface area contributed by atoms with Gasteiger partial charge in [0, 0.05) is 60.4 Å². The quantitative estimate of drug-likeness (QED) is 0.252. The van der Waals surface area contributed by atoms with Crippen molar-refractivity contribution in [2.45, 2.75) is 5.92 Å². The van der Waals surface area contributed by atoms with Crippen LogP contribution < -0.4 is 14.4 Å². The molecule has 182 valence electrons. The number of aromatic amines is 1. The van der Waals surface area contributed by atoms with Gasteiger partial charge in [-0.2, -0.15) is 0 Å². The topological polar surface area (TPSA) is 78.0 Å². The number of nitrogens with zero attached hydrogens (tertiary/aromatic N) is 2. The number of rotatable bonds is 7. The molecule has 3 aromatic carbocycles. The van der Waals surface area contributed by atoms with Gasteiger partial charge >= 0.3 is 0 Å². The van der Waals surface area contributed by atoms with Crippen LogP contribution in [0.5, 0.6) is 17.2 Å². The zero-order valence-corrected chi connectivity index (χ0v) is 20.9. The number of aromatic nitrogens is 1. The van der Waals surface area contributed by atoms with Crippen molar-refractivity contribution in [3.8, 4) is 17.2 Å². The van der Waals surface area contributed by atoms with Gasteiger partial charge in [0.25, 0.3) is 5.91 Å². The van der Waals surface area contributed by atoms with Crippen LogP contribution in [-0.4, -0.2) is 60.2 Å². The average Bonchev–Trinajstić information content (AvgIpc) is 3.44. The van der Waals surface area contributed by atoms with Crippen LogP contribution in [0.25, 0.3) is 21.7 Å². The largest absolute Gasteiger partial charge is 0.507 e. The number of H-pyrrole nitrogens is 1. The highest BCUT2D eigenvalue weighted by atomic mass is 35.5. The number of amides is 1. The summed E-state index contributed by atoms with van der Waals surface area (Å²) in [5.41, 5.74) is 2.84. The number of hydrogen-bond donors (Lipinski definition) is 2. The maximum Gasteiger partial charge on any atom is 0.274 e. The monoisotopic (exact) mass is 513 g/mol. The second-order valence-electron chi connectivity index (χ2n) is 8.59. The first-order valence-electron chi connectivity index (χ1n) is 11.2. The summed E-state index contributed by atoms with van der Waals surface area (Å²) in [4.78, 5) is 18.6. The number of halogens is 2. The van der Waals surface area contributed by atoms with Crippen LogP contribution in [0.15, 0.2) is 48.5 Å². The molecule has 1 aliphatic rings. The van der Waals surface area contributed by atoms with Crippen LogP contribution in [-0.2, 0) is 0 Å². The minimum absolute atomic E-state index is 0.0364. The Morgan fingerprint density at radius 1 is 1.20 bits per heavy atom. The van der Waals surface area contributed by atoms with Crippen molar-refractivity contribution in [1.82, 2.24) is 9.40 Å². The average molecular weight is 514 g/mol. The number of carbonyl (C=O) groups excluding carboxylic acids is 1. The fourth-order valence-electron chi connectivity index (χ4n) is 4.70. The maximum absolute atomic E-state index is 13.7. The number of ether oxygens (including phenoxy) is 2. The summed E-state index contributed by atoms with van der Waals surface area (Å²) in [7, 11) is 3.32. The van der Waals surface area contributed by atoms with Crippen LogP contribution in [0.1, 0.15) is 22.0 Å². The minimum atomic E-state index is -0.199. The van der Waals surface area contributed by atoms with Crippen LogP contribution >= 0.6 is 23.4 Å². The smallest absolute Gasteiger partial charge is 0.274 e. The third kappa shape index (κ3) is 4.24. The Labute approximate surface area is 212 Å². The third-order valence-corrected chi connectivity index (χ3v) is 6.91. The summed E-state index contributed by atoms with van der Waals surface area (Å²) in [5.74, 6) is 1.40. The number of methoxy groups -OCH3 is 1. The van der Waals surface area contributed by atoms with Gasteiger partial charge in [-0.1, -0.05) is 24.3 Å². The molecule has 9 heteroatoms. The zero-order chi connectivity index (χ0) is 24.7. The number of alkyl halides is 1. The summed E-state index contributed by atoms with van der Waals surface area (Å²) in [6.07, 6.45) is 0. The molecule has 2 N–H and O–H groups in total. The van der Waals surface area contributed by atoms with E-state index in [1.165, 1.54) is 4.42 Å². The molecule has 1 aliphatic heterocycles. The standard InChI is InChI=1S/C26H25Cl2N3O4/c1-30(28)7-8-35-24-10-15-9-20(29-19(15)11-23(24)34-2)26(33)31-14-16(13-27)25-18-6-4-3-5-17(18)22(32)12-21(25)31/h3-6,9-12,16,29,32H,7-8,13-14H2,1-2H3/t16-/m1/s1. The molecular formula is C26H25Cl2N3O4. The van der Waals surface area contributed by atoms with Crippen molar-refractivity contribution in [2.24, 2.45) is 0 Å². The number of benzene rings is 3. The van der Waals surface area contributed by atoms with E-state index >= 15 is 0 Å². The van der Waals surface area contributed by atoms with Gasteiger partial charge < -0.3 is 24.5 Å². The van der Waals surface area contributed by atoms with Gasteiger partial charge in [0.15, 0.2) is 11.5 Å². The number of likely N-dealkylation sites (N-methyl/N-ethyl adjacent to an activating group) is 1. The van der Waals surface area contributed by atoms with Crippen LogP contribution in [0.2, 0.25) is 0 Å². The molecule has 1 amide bonds. The number of fused-ring (bicyclic) bond motifs is 4. The second kappa shape index (κ2) is 9.49. The molecule has 4 aromatic rings. The Morgan fingerprint density at radius 2 is 1.97 bits per heavy atom. The van der Waals surface area contributed by atoms with Gasteiger partial charge in [-0.15, -0.1) is 11.6 Å². The summed E-state index contributed by atoms with van der Waals surface area (Å²) >= 11 is 12.2. The lowest BCUT2D eigenvalue weighted by atomic mass is 9.95. The van der Waals surface area contributed by atoms with Crippen molar-refractivity contribution in [1.29, 1.82) is 0 Å². The molecule has 35 heavy (non-hydrogen) atoms. The first-order chi connectivity index (χ1) is 16.9. The number of aromatic hydroxyl groups is 1. The van der Waals surface area contributed by atoms with Gasteiger partial charge in [-0.05, 0) is 34.9 Å². The van der Waals surface area contributed by atoms with E-state index in [9.17, 15) is 9.90 Å². The molecule has 5 rings (SSSR count). The lowest BCUT2D eigenvalue weighted by molar-refractivity contribution is 0.0984. The van der Waals surface area contributed by atoms with E-state index < -0.39 is 0 Å². The van der Waals surface area contributed by atoms with E-state index in [-0.39, 0.29) is 17.6 Å². The SMILES string of the molecule is COc1cc2[nH]c(C(=O)N3C[C@@H](CCl)c4c3cc(O)c3ccccc43)cc2cc1OCCN(C)Cl. The lowest BCUT2D eigenvalue weighted by Gasteiger charge is -2.17. The highest BCUT2D eigenvalue weighted by Gasteiger charge is 2.35. The molecular weight excluding hydrogens is 489 g/mol. The Hall–Kier alpha value is -3.13. The molecule has 0 bridgehead atoms. The van der Waals surface area contributed by atoms with Gasteiger partial charge in [0.1, 0.15) is 18.1 Å². The van der Waals surface area contributed by atoms with E-state index in [4.69, 9.17) is 32.9 Å². The van der Waals surface area contributed by atoms with Gasteiger partial charge in [-0.25, -0.2) is 4.42 Å². The Morgan fingerprint density at radius 3 is 2.69 bits per heavy atom. The summed E-state index contributed by atoms with van der Waals surface area (Å²) in [6.45, 7) is 1.36. The number of carbonyl (C=O) groups is 1. The predicted molar refractivity (Wildman–Crippen MR) is 140 cm³/mol. The van der Waals surface area contributed by atoms with Crippen LogP contribution in [0.3, 0.4) is 0 Å². The number of nitrogens with one attached hydrogen (secondary N) is 1. The van der Waals surface area contributed by atoms with Crippen LogP contribution in [0, 0.1) is 0 Å². The fourth-order valence-corrected chi connectivity index (χ4v) is 5.02. The van der Waals surface area contributed by atoms with E-state index in [0.717, 1.165) is 27.2 Å². The first-order valence-corrected chi connectivity index (χ1v) is 12.1. The molecule has 1 aromatic heterocycles. The van der Waals surface area contributed by atoms with Crippen molar-refractivity contribution >= 4 is 56.6 Å². The Balaban J connectivity index is 1.51. The number of anilines is 1. The lowest BCUT2D eigenvalue weighted by Crippen LogP contribution is -2.30. The van der Waals surface area contributed by atoms with Crippen LogP contribution in [0.4, 0.5) is 5.69 Å². The highest BCUT2D eigenvalue weighted by Crippen LogP contribution is 2.45. The van der Waals surface area contributed by atoms with Gasteiger partial charge in [-0.3, -0.25) is 4.79 Å². The maximum atomic E-state index is 13.7. The normalized spacial score (nSPS) is 15.2. The highest BCUT2D eigenvalue weighted by molar-refractivity contribution is 6.19. The molecule has 0 spiro atoms. The Bertz CT molecular complexity index is 1420. The predicted octanol–water partition coefficient (Wildman–Crippen LogP) is 5.48. The van der Waals surface area contributed by atoms with Crippen molar-refractivity contribution in [3.05, 3.63) is 59.8 Å². The van der Waals surface area contributed by atoms with Gasteiger partial charge in [0.2, 0.25) is 0 Å². The molecule has 0 saturated heterocycles. The minimum Gasteiger partial charge on any atom is -0.507 e. The number of phenols is 1. The first kappa shape index (κ1) is 23.6. The van der Waals surface area contributed by atoms with E-state index in [1.807, 2.05) is 36.4 Å².